The van der Waals surface area contributed by atoms with Crippen LogP contribution in [0.2, 0.25) is 0 Å². The smallest absolute Gasteiger partial charge is 0.116 e. The van der Waals surface area contributed by atoms with Crippen LogP contribution in [0.4, 0.5) is 0 Å². The summed E-state index contributed by atoms with van der Waals surface area (Å²) < 4.78 is 0. The second-order valence-corrected chi connectivity index (χ2v) is 5.19. The van der Waals surface area contributed by atoms with Crippen LogP contribution in [0.5, 0.6) is 0 Å². The summed E-state index contributed by atoms with van der Waals surface area (Å²) in [6.07, 6.45) is 5.93. The van der Waals surface area contributed by atoms with E-state index in [0.717, 1.165) is 19.4 Å². The molecule has 1 saturated heterocycles. The van der Waals surface area contributed by atoms with Crippen molar-refractivity contribution in [2.45, 2.75) is 32.1 Å². The highest BCUT2D eigenvalue weighted by atomic mass is 15.3. The zero-order valence-electron chi connectivity index (χ0n) is 10.8. The number of piperazine rings is 1. The summed E-state index contributed by atoms with van der Waals surface area (Å²) in [5.74, 6) is 1.46. The van der Waals surface area contributed by atoms with E-state index in [4.69, 9.17) is 16.1 Å². The third kappa shape index (κ3) is 2.88. The number of nitriles is 1. The number of rotatable bonds is 2. The Bertz CT molecular complexity index is 364. The van der Waals surface area contributed by atoms with Gasteiger partial charge in [0.25, 0.3) is 0 Å². The lowest BCUT2D eigenvalue weighted by molar-refractivity contribution is 0.280. The molecule has 0 amide bonds. The van der Waals surface area contributed by atoms with Crippen molar-refractivity contribution in [1.29, 1.82) is 16.1 Å². The molecule has 0 atom stereocenters. The van der Waals surface area contributed by atoms with Crippen molar-refractivity contribution < 1.29 is 0 Å². The Morgan fingerprint density at radius 2 is 2.00 bits per heavy atom. The number of amidine groups is 2. The number of hydrogen-bond donors (Lipinski definition) is 2. The van der Waals surface area contributed by atoms with Crippen LogP contribution < -0.4 is 0 Å². The first-order valence-corrected chi connectivity index (χ1v) is 6.75. The lowest BCUT2D eigenvalue weighted by Crippen LogP contribution is -2.53. The van der Waals surface area contributed by atoms with Crippen LogP contribution in [-0.2, 0) is 0 Å². The van der Waals surface area contributed by atoms with Crippen molar-refractivity contribution in [3.63, 3.8) is 0 Å². The Balaban J connectivity index is 1.91. The molecule has 5 heteroatoms. The Morgan fingerprint density at radius 3 is 2.61 bits per heavy atom. The van der Waals surface area contributed by atoms with Gasteiger partial charge in [0.1, 0.15) is 11.7 Å². The minimum absolute atomic E-state index is 0.349. The SMILES string of the molecule is N#CCN1CCN(C(=N)C2CCCCC2)C(=N)C1. The van der Waals surface area contributed by atoms with Gasteiger partial charge < -0.3 is 4.90 Å². The molecule has 98 valence electrons. The van der Waals surface area contributed by atoms with Crippen molar-refractivity contribution in [3.8, 4) is 6.07 Å². The van der Waals surface area contributed by atoms with Crippen LogP contribution in [0.15, 0.2) is 0 Å². The fraction of sp³-hybridized carbons (Fsp3) is 0.769. The lowest BCUT2D eigenvalue weighted by atomic mass is 9.87. The van der Waals surface area contributed by atoms with Gasteiger partial charge in [-0.05, 0) is 12.8 Å². The average Bonchev–Trinajstić information content (AvgIpc) is 2.40. The summed E-state index contributed by atoms with van der Waals surface area (Å²) in [6, 6.07) is 2.12. The molecule has 18 heavy (non-hydrogen) atoms. The number of nitrogens with one attached hydrogen (secondary N) is 2. The zero-order valence-corrected chi connectivity index (χ0v) is 10.8. The van der Waals surface area contributed by atoms with Gasteiger partial charge in [-0.2, -0.15) is 5.26 Å². The maximum Gasteiger partial charge on any atom is 0.116 e. The third-order valence-electron chi connectivity index (χ3n) is 3.92. The van der Waals surface area contributed by atoms with Crippen LogP contribution >= 0.6 is 0 Å². The quantitative estimate of drug-likeness (QED) is 0.442. The normalized spacial score (nSPS) is 22.8. The summed E-state index contributed by atoms with van der Waals surface area (Å²) in [5, 5.41) is 25.0. The summed E-state index contributed by atoms with van der Waals surface area (Å²) in [6.45, 7) is 2.36. The van der Waals surface area contributed by atoms with Crippen molar-refractivity contribution >= 4 is 11.7 Å². The molecule has 1 aliphatic carbocycles. The molecule has 5 nitrogen and oxygen atoms in total. The fourth-order valence-electron chi connectivity index (χ4n) is 2.85. The van der Waals surface area contributed by atoms with Crippen molar-refractivity contribution in [1.82, 2.24) is 9.80 Å². The second kappa shape index (κ2) is 5.96. The van der Waals surface area contributed by atoms with E-state index in [1.165, 1.54) is 19.3 Å². The zero-order chi connectivity index (χ0) is 13.0. The molecule has 0 bridgehead atoms. The van der Waals surface area contributed by atoms with Gasteiger partial charge in [0.05, 0.1) is 19.2 Å². The van der Waals surface area contributed by atoms with E-state index in [9.17, 15) is 0 Å². The van der Waals surface area contributed by atoms with E-state index in [0.29, 0.717) is 37.2 Å². The maximum absolute atomic E-state index is 8.67. The monoisotopic (exact) mass is 247 g/mol. The van der Waals surface area contributed by atoms with Gasteiger partial charge in [0, 0.05) is 19.0 Å². The van der Waals surface area contributed by atoms with E-state index in [2.05, 4.69) is 6.07 Å². The molecule has 0 radical (unpaired) electrons. The Kier molecular flexibility index (Phi) is 4.32. The molecule has 1 aliphatic heterocycles. The van der Waals surface area contributed by atoms with E-state index < -0.39 is 0 Å². The van der Waals surface area contributed by atoms with Crippen LogP contribution in [0, 0.1) is 28.1 Å². The van der Waals surface area contributed by atoms with E-state index >= 15 is 0 Å². The molecule has 1 saturated carbocycles. The van der Waals surface area contributed by atoms with Gasteiger partial charge >= 0.3 is 0 Å². The van der Waals surface area contributed by atoms with Crippen LogP contribution in [-0.4, -0.2) is 47.7 Å². The highest BCUT2D eigenvalue weighted by Crippen LogP contribution is 2.26. The molecule has 0 aromatic carbocycles. The molecule has 0 aromatic heterocycles. The molecule has 2 N–H and O–H groups in total. The lowest BCUT2D eigenvalue weighted by Gasteiger charge is -2.38. The molecular formula is C13H21N5. The van der Waals surface area contributed by atoms with Crippen molar-refractivity contribution in [3.05, 3.63) is 0 Å². The van der Waals surface area contributed by atoms with Gasteiger partial charge in [0.15, 0.2) is 0 Å². The van der Waals surface area contributed by atoms with Gasteiger partial charge in [-0.15, -0.1) is 0 Å². The predicted octanol–water partition coefficient (Wildman–Crippen LogP) is 1.66. The van der Waals surface area contributed by atoms with Crippen LogP contribution in [0.25, 0.3) is 0 Å². The molecule has 1 heterocycles. The summed E-state index contributed by atoms with van der Waals surface area (Å²) in [7, 11) is 0. The molecule has 2 aliphatic rings. The highest BCUT2D eigenvalue weighted by Gasteiger charge is 2.28. The third-order valence-corrected chi connectivity index (χ3v) is 3.92. The van der Waals surface area contributed by atoms with Gasteiger partial charge in [-0.3, -0.25) is 15.7 Å². The fourth-order valence-corrected chi connectivity index (χ4v) is 2.85. The Morgan fingerprint density at radius 1 is 1.28 bits per heavy atom. The van der Waals surface area contributed by atoms with Crippen molar-refractivity contribution in [2.24, 2.45) is 5.92 Å². The number of nitrogens with zero attached hydrogens (tertiary/aromatic N) is 3. The standard InChI is InChI=1S/C13H21N5/c14-6-7-17-8-9-18(12(15)10-17)13(16)11-4-2-1-3-5-11/h11,15-16H,1-5,7-10H2. The first kappa shape index (κ1) is 13.0. The largest absolute Gasteiger partial charge is 0.316 e. The summed E-state index contributed by atoms with van der Waals surface area (Å²) >= 11 is 0. The molecule has 0 unspecified atom stereocenters. The topological polar surface area (TPSA) is 78.0 Å². The van der Waals surface area contributed by atoms with Crippen LogP contribution in [0.1, 0.15) is 32.1 Å². The molecule has 2 fully saturated rings. The Labute approximate surface area is 108 Å². The molecular weight excluding hydrogens is 226 g/mol. The molecule has 2 rings (SSSR count). The Hall–Kier alpha value is -1.41. The predicted molar refractivity (Wildman–Crippen MR) is 70.8 cm³/mol. The van der Waals surface area contributed by atoms with Gasteiger partial charge in [-0.1, -0.05) is 19.3 Å². The minimum Gasteiger partial charge on any atom is -0.316 e. The minimum atomic E-state index is 0.349. The maximum atomic E-state index is 8.67. The molecule has 0 aromatic rings. The summed E-state index contributed by atoms with van der Waals surface area (Å²) in [4.78, 5) is 3.82. The van der Waals surface area contributed by atoms with Crippen LogP contribution in [0.3, 0.4) is 0 Å². The first-order chi connectivity index (χ1) is 8.72. The van der Waals surface area contributed by atoms with Crippen molar-refractivity contribution in [2.75, 3.05) is 26.2 Å². The van der Waals surface area contributed by atoms with E-state index in [-0.39, 0.29) is 0 Å². The summed E-state index contributed by atoms with van der Waals surface area (Å²) in [5.41, 5.74) is 0. The van der Waals surface area contributed by atoms with E-state index in [1.54, 1.807) is 0 Å². The number of hydrogen-bond acceptors (Lipinski definition) is 4. The average molecular weight is 247 g/mol. The van der Waals surface area contributed by atoms with Gasteiger partial charge in [0.2, 0.25) is 0 Å². The molecule has 0 spiro atoms. The van der Waals surface area contributed by atoms with E-state index in [1.807, 2.05) is 9.80 Å². The highest BCUT2D eigenvalue weighted by molar-refractivity contribution is 6.00. The second-order valence-electron chi connectivity index (χ2n) is 5.19. The van der Waals surface area contributed by atoms with Gasteiger partial charge in [-0.25, -0.2) is 0 Å². The first-order valence-electron chi connectivity index (χ1n) is 6.75.